The highest BCUT2D eigenvalue weighted by Crippen LogP contribution is 2.39. The third-order valence-corrected chi connectivity index (χ3v) is 3.92. The van der Waals surface area contributed by atoms with Gasteiger partial charge in [-0.15, -0.1) is 0 Å². The standard InChI is InChI=1S/C16H17NO5/c1-2-21-10-5-3-9(4-6-10)17-15(18)13-11-7-8-12(22-11)14(13)16(19)20/h3-8,11-14H,2H2,1H3,(H,17,18)(H,19,20)/t11-,12+,13-,14-/m0/s1. The Morgan fingerprint density at radius 1 is 1.18 bits per heavy atom. The van der Waals surface area contributed by atoms with Crippen molar-refractivity contribution in [2.75, 3.05) is 11.9 Å². The van der Waals surface area contributed by atoms with Gasteiger partial charge in [0.2, 0.25) is 5.91 Å². The van der Waals surface area contributed by atoms with E-state index in [1.54, 1.807) is 36.4 Å². The van der Waals surface area contributed by atoms with Crippen LogP contribution in [0.15, 0.2) is 36.4 Å². The van der Waals surface area contributed by atoms with Crippen LogP contribution in [0.25, 0.3) is 0 Å². The van der Waals surface area contributed by atoms with Crippen LogP contribution in [0.5, 0.6) is 5.75 Å². The zero-order chi connectivity index (χ0) is 15.7. The summed E-state index contributed by atoms with van der Waals surface area (Å²) in [6, 6.07) is 6.96. The number of carbonyl (C=O) groups is 2. The molecule has 2 aliphatic heterocycles. The lowest BCUT2D eigenvalue weighted by Gasteiger charge is -2.21. The molecule has 6 nitrogen and oxygen atoms in total. The summed E-state index contributed by atoms with van der Waals surface area (Å²) in [5.74, 6) is -2.18. The Kier molecular flexibility index (Phi) is 3.85. The molecule has 3 rings (SSSR count). The van der Waals surface area contributed by atoms with E-state index in [2.05, 4.69) is 5.32 Å². The molecule has 1 amide bonds. The van der Waals surface area contributed by atoms with E-state index >= 15 is 0 Å². The summed E-state index contributed by atoms with van der Waals surface area (Å²) in [7, 11) is 0. The Bertz CT molecular complexity index is 609. The number of amides is 1. The Labute approximate surface area is 127 Å². The minimum absolute atomic E-state index is 0.339. The predicted molar refractivity (Wildman–Crippen MR) is 78.7 cm³/mol. The third-order valence-electron chi connectivity index (χ3n) is 3.92. The van der Waals surface area contributed by atoms with Gasteiger partial charge >= 0.3 is 5.97 Å². The number of hydrogen-bond donors (Lipinski definition) is 2. The third kappa shape index (κ3) is 2.57. The van der Waals surface area contributed by atoms with Crippen LogP contribution in [0.2, 0.25) is 0 Å². The van der Waals surface area contributed by atoms with E-state index in [1.165, 1.54) is 0 Å². The number of ether oxygens (including phenoxy) is 2. The van der Waals surface area contributed by atoms with Crippen molar-refractivity contribution in [3.05, 3.63) is 36.4 Å². The van der Waals surface area contributed by atoms with Gasteiger partial charge in [0.15, 0.2) is 0 Å². The van der Waals surface area contributed by atoms with Gasteiger partial charge in [0.25, 0.3) is 0 Å². The van der Waals surface area contributed by atoms with Crippen LogP contribution in [-0.2, 0) is 14.3 Å². The SMILES string of the molecule is CCOc1ccc(NC(=O)[C@@H]2[C@@H](C(=O)O)[C@H]3C=C[C@@H]2O3)cc1. The molecule has 22 heavy (non-hydrogen) atoms. The Morgan fingerprint density at radius 2 is 1.82 bits per heavy atom. The maximum atomic E-state index is 12.4. The van der Waals surface area contributed by atoms with Crippen LogP contribution in [0.4, 0.5) is 5.69 Å². The molecular formula is C16H17NO5. The maximum Gasteiger partial charge on any atom is 0.310 e. The molecule has 1 saturated heterocycles. The molecule has 0 spiro atoms. The molecular weight excluding hydrogens is 286 g/mol. The lowest BCUT2D eigenvalue weighted by molar-refractivity contribution is -0.145. The summed E-state index contributed by atoms with van der Waals surface area (Å²) >= 11 is 0. The molecule has 1 aromatic rings. The van der Waals surface area contributed by atoms with Gasteiger partial charge in [0.1, 0.15) is 11.7 Å². The van der Waals surface area contributed by atoms with Crippen LogP contribution in [0.3, 0.4) is 0 Å². The fraction of sp³-hybridized carbons (Fsp3) is 0.375. The second-order valence-electron chi connectivity index (χ2n) is 5.29. The molecule has 0 saturated carbocycles. The number of rotatable bonds is 5. The first-order valence-electron chi connectivity index (χ1n) is 7.20. The summed E-state index contributed by atoms with van der Waals surface area (Å²) in [6.07, 6.45) is 2.49. The number of nitrogens with one attached hydrogen (secondary N) is 1. The molecule has 2 aliphatic rings. The monoisotopic (exact) mass is 303 g/mol. The van der Waals surface area contributed by atoms with Crippen LogP contribution in [-0.4, -0.2) is 35.8 Å². The number of benzene rings is 1. The molecule has 116 valence electrons. The Balaban J connectivity index is 1.71. The van der Waals surface area contributed by atoms with Crippen molar-refractivity contribution in [2.24, 2.45) is 11.8 Å². The summed E-state index contributed by atoms with van der Waals surface area (Å²) in [4.78, 5) is 23.8. The van der Waals surface area contributed by atoms with E-state index in [4.69, 9.17) is 9.47 Å². The van der Waals surface area contributed by atoms with Gasteiger partial charge in [-0.2, -0.15) is 0 Å². The number of carboxylic acids is 1. The largest absolute Gasteiger partial charge is 0.494 e. The molecule has 2 N–H and O–H groups in total. The van der Waals surface area contributed by atoms with E-state index in [0.29, 0.717) is 12.3 Å². The molecule has 1 aromatic carbocycles. The fourth-order valence-corrected chi connectivity index (χ4v) is 2.94. The van der Waals surface area contributed by atoms with Crippen LogP contribution in [0, 0.1) is 11.8 Å². The highest BCUT2D eigenvalue weighted by Gasteiger charge is 2.53. The average Bonchev–Trinajstić information content (AvgIpc) is 3.10. The fourth-order valence-electron chi connectivity index (χ4n) is 2.94. The molecule has 6 heteroatoms. The van der Waals surface area contributed by atoms with Crippen molar-refractivity contribution in [1.82, 2.24) is 0 Å². The zero-order valence-corrected chi connectivity index (χ0v) is 12.1. The molecule has 0 aliphatic carbocycles. The van der Waals surface area contributed by atoms with Crippen LogP contribution in [0.1, 0.15) is 6.92 Å². The highest BCUT2D eigenvalue weighted by molar-refractivity contribution is 5.96. The minimum Gasteiger partial charge on any atom is -0.494 e. The van der Waals surface area contributed by atoms with Gasteiger partial charge in [-0.25, -0.2) is 0 Å². The smallest absolute Gasteiger partial charge is 0.310 e. The maximum absolute atomic E-state index is 12.4. The second kappa shape index (κ2) is 5.81. The van der Waals surface area contributed by atoms with E-state index in [9.17, 15) is 14.7 Å². The number of hydrogen-bond acceptors (Lipinski definition) is 4. The molecule has 2 bridgehead atoms. The number of anilines is 1. The lowest BCUT2D eigenvalue weighted by Crippen LogP contribution is -2.39. The van der Waals surface area contributed by atoms with Gasteiger partial charge in [-0.3, -0.25) is 9.59 Å². The lowest BCUT2D eigenvalue weighted by atomic mass is 9.82. The first kappa shape index (κ1) is 14.6. The number of fused-ring (bicyclic) bond motifs is 2. The van der Waals surface area contributed by atoms with Crippen molar-refractivity contribution in [2.45, 2.75) is 19.1 Å². The molecule has 1 fully saturated rings. The summed E-state index contributed by atoms with van der Waals surface area (Å²) in [5, 5.41) is 12.1. The first-order valence-corrected chi connectivity index (χ1v) is 7.20. The minimum atomic E-state index is -1.01. The Hall–Kier alpha value is -2.34. The van der Waals surface area contributed by atoms with Crippen molar-refractivity contribution in [3.8, 4) is 5.75 Å². The van der Waals surface area contributed by atoms with Gasteiger partial charge in [-0.05, 0) is 31.2 Å². The summed E-state index contributed by atoms with van der Waals surface area (Å²) in [6.45, 7) is 2.46. The van der Waals surface area contributed by atoms with Gasteiger partial charge in [0, 0.05) is 5.69 Å². The number of aliphatic carboxylic acids is 1. The van der Waals surface area contributed by atoms with Gasteiger partial charge in [-0.1, -0.05) is 12.2 Å². The molecule has 2 heterocycles. The van der Waals surface area contributed by atoms with Crippen LogP contribution >= 0.6 is 0 Å². The molecule has 0 aromatic heterocycles. The van der Waals surface area contributed by atoms with Gasteiger partial charge < -0.3 is 19.9 Å². The van der Waals surface area contributed by atoms with E-state index in [-0.39, 0.29) is 5.91 Å². The summed E-state index contributed by atoms with van der Waals surface area (Å²) in [5.41, 5.74) is 0.601. The predicted octanol–water partition coefficient (Wildman–Crippen LogP) is 1.68. The second-order valence-corrected chi connectivity index (χ2v) is 5.29. The molecule has 0 unspecified atom stereocenters. The first-order chi connectivity index (χ1) is 10.6. The van der Waals surface area contributed by atoms with Gasteiger partial charge in [0.05, 0.1) is 24.7 Å². The molecule has 0 radical (unpaired) electrons. The van der Waals surface area contributed by atoms with Crippen molar-refractivity contribution >= 4 is 17.6 Å². The van der Waals surface area contributed by atoms with Crippen molar-refractivity contribution in [1.29, 1.82) is 0 Å². The quantitative estimate of drug-likeness (QED) is 0.808. The average molecular weight is 303 g/mol. The normalized spacial score (nSPS) is 28.6. The van der Waals surface area contributed by atoms with E-state index in [0.717, 1.165) is 5.75 Å². The number of carbonyl (C=O) groups excluding carboxylic acids is 1. The Morgan fingerprint density at radius 3 is 2.41 bits per heavy atom. The van der Waals surface area contributed by atoms with Crippen LogP contribution < -0.4 is 10.1 Å². The topological polar surface area (TPSA) is 84.9 Å². The molecule has 4 atom stereocenters. The summed E-state index contributed by atoms with van der Waals surface area (Å²) < 4.78 is 10.8. The zero-order valence-electron chi connectivity index (χ0n) is 12.1. The van der Waals surface area contributed by atoms with E-state index < -0.39 is 30.0 Å². The van der Waals surface area contributed by atoms with E-state index in [1.807, 2.05) is 6.92 Å². The van der Waals surface area contributed by atoms with Crippen molar-refractivity contribution < 1.29 is 24.2 Å². The van der Waals surface area contributed by atoms with Crippen molar-refractivity contribution in [3.63, 3.8) is 0 Å². The number of carboxylic acid groups (broad SMARTS) is 1. The highest BCUT2D eigenvalue weighted by atomic mass is 16.5.